The molecule has 7 heteroatoms. The standard InChI is InChI=1S/C14H20N2O5/c1-20-9-10-5-3-4-6-12(10)16-14(19)15-8-11(21-2)7-13(17)18/h3-6,11H,7-9H2,1-2H3,(H,17,18)(H2,15,16,19). The normalized spacial score (nSPS) is 11.7. The van der Waals surface area contributed by atoms with Gasteiger partial charge < -0.3 is 25.2 Å². The number of ether oxygens (including phenoxy) is 2. The number of benzene rings is 1. The average molecular weight is 296 g/mol. The summed E-state index contributed by atoms with van der Waals surface area (Å²) in [5.74, 6) is -0.977. The highest BCUT2D eigenvalue weighted by atomic mass is 16.5. The van der Waals surface area contributed by atoms with Crippen molar-refractivity contribution in [2.45, 2.75) is 19.1 Å². The van der Waals surface area contributed by atoms with Crippen molar-refractivity contribution in [3.8, 4) is 0 Å². The van der Waals surface area contributed by atoms with E-state index in [-0.39, 0.29) is 13.0 Å². The molecule has 0 spiro atoms. The minimum atomic E-state index is -0.977. The Morgan fingerprint density at radius 1 is 1.29 bits per heavy atom. The third-order valence-electron chi connectivity index (χ3n) is 2.79. The molecule has 0 aromatic heterocycles. The highest BCUT2D eigenvalue weighted by molar-refractivity contribution is 5.90. The first kappa shape index (κ1) is 16.9. The molecule has 0 bridgehead atoms. The summed E-state index contributed by atoms with van der Waals surface area (Å²) in [6.07, 6.45) is -0.737. The van der Waals surface area contributed by atoms with E-state index in [1.807, 2.05) is 12.1 Å². The van der Waals surface area contributed by atoms with Crippen LogP contribution in [0.2, 0.25) is 0 Å². The molecule has 0 radical (unpaired) electrons. The molecule has 0 aliphatic rings. The number of aliphatic carboxylic acids is 1. The molecule has 0 fully saturated rings. The van der Waals surface area contributed by atoms with Gasteiger partial charge in [-0.1, -0.05) is 18.2 Å². The number of urea groups is 1. The van der Waals surface area contributed by atoms with Crippen LogP contribution in [-0.4, -0.2) is 44.0 Å². The molecule has 1 rings (SSSR count). The summed E-state index contributed by atoms with van der Waals surface area (Å²) in [5.41, 5.74) is 1.49. The van der Waals surface area contributed by atoms with Crippen molar-refractivity contribution in [3.05, 3.63) is 29.8 Å². The largest absolute Gasteiger partial charge is 0.481 e. The van der Waals surface area contributed by atoms with E-state index in [2.05, 4.69) is 10.6 Å². The van der Waals surface area contributed by atoms with Crippen molar-refractivity contribution in [1.82, 2.24) is 5.32 Å². The first-order valence-corrected chi connectivity index (χ1v) is 6.43. The fraction of sp³-hybridized carbons (Fsp3) is 0.429. The second-order valence-electron chi connectivity index (χ2n) is 4.38. The highest BCUT2D eigenvalue weighted by Crippen LogP contribution is 2.15. The van der Waals surface area contributed by atoms with Gasteiger partial charge in [-0.25, -0.2) is 4.79 Å². The van der Waals surface area contributed by atoms with E-state index in [0.717, 1.165) is 5.56 Å². The van der Waals surface area contributed by atoms with E-state index >= 15 is 0 Å². The van der Waals surface area contributed by atoms with Crippen LogP contribution in [-0.2, 0) is 20.9 Å². The predicted octanol–water partition coefficient (Wildman–Crippen LogP) is 1.44. The van der Waals surface area contributed by atoms with Crippen LogP contribution in [0.1, 0.15) is 12.0 Å². The monoisotopic (exact) mass is 296 g/mol. The lowest BCUT2D eigenvalue weighted by molar-refractivity contribution is -0.139. The van der Waals surface area contributed by atoms with Crippen LogP contribution < -0.4 is 10.6 Å². The maximum absolute atomic E-state index is 11.8. The number of hydrogen-bond acceptors (Lipinski definition) is 4. The molecule has 2 amide bonds. The van der Waals surface area contributed by atoms with Gasteiger partial charge >= 0.3 is 12.0 Å². The number of amides is 2. The zero-order valence-corrected chi connectivity index (χ0v) is 12.1. The summed E-state index contributed by atoms with van der Waals surface area (Å²) in [7, 11) is 2.98. The molecular formula is C14H20N2O5. The van der Waals surface area contributed by atoms with Crippen LogP contribution in [0, 0.1) is 0 Å². The Balaban J connectivity index is 2.52. The van der Waals surface area contributed by atoms with Gasteiger partial charge in [0.25, 0.3) is 0 Å². The Morgan fingerprint density at radius 3 is 2.62 bits per heavy atom. The zero-order valence-electron chi connectivity index (χ0n) is 12.1. The van der Waals surface area contributed by atoms with Crippen LogP contribution >= 0.6 is 0 Å². The number of anilines is 1. The average Bonchev–Trinajstić information content (AvgIpc) is 2.45. The number of carbonyl (C=O) groups excluding carboxylic acids is 1. The molecule has 1 atom stereocenters. The molecule has 0 aliphatic heterocycles. The fourth-order valence-electron chi connectivity index (χ4n) is 1.73. The van der Waals surface area contributed by atoms with Crippen LogP contribution in [0.15, 0.2) is 24.3 Å². The summed E-state index contributed by atoms with van der Waals surface area (Å²) in [5, 5.41) is 14.0. The number of carboxylic acid groups (broad SMARTS) is 1. The molecule has 3 N–H and O–H groups in total. The van der Waals surface area contributed by atoms with Crippen molar-refractivity contribution in [3.63, 3.8) is 0 Å². The van der Waals surface area contributed by atoms with E-state index < -0.39 is 18.1 Å². The maximum Gasteiger partial charge on any atom is 0.319 e. The molecule has 21 heavy (non-hydrogen) atoms. The molecule has 0 saturated carbocycles. The SMILES string of the molecule is COCc1ccccc1NC(=O)NCC(CC(=O)O)OC. The molecule has 1 aromatic carbocycles. The topological polar surface area (TPSA) is 96.9 Å². The van der Waals surface area contributed by atoms with Crippen molar-refractivity contribution in [1.29, 1.82) is 0 Å². The number of carbonyl (C=O) groups is 2. The number of carboxylic acids is 1. The molecule has 0 saturated heterocycles. The lowest BCUT2D eigenvalue weighted by atomic mass is 10.2. The summed E-state index contributed by atoms with van der Waals surface area (Å²) < 4.78 is 10.0. The van der Waals surface area contributed by atoms with Gasteiger partial charge in [0, 0.05) is 32.0 Å². The number of para-hydroxylation sites is 1. The summed E-state index contributed by atoms with van der Waals surface area (Å²) in [6, 6.07) is 6.84. The molecule has 7 nitrogen and oxygen atoms in total. The zero-order chi connectivity index (χ0) is 15.7. The van der Waals surface area contributed by atoms with Crippen LogP contribution in [0.4, 0.5) is 10.5 Å². The molecule has 1 unspecified atom stereocenters. The number of hydrogen-bond donors (Lipinski definition) is 3. The van der Waals surface area contributed by atoms with Crippen LogP contribution in [0.25, 0.3) is 0 Å². The van der Waals surface area contributed by atoms with E-state index in [4.69, 9.17) is 14.6 Å². The molecular weight excluding hydrogens is 276 g/mol. The number of rotatable bonds is 8. The fourth-order valence-corrected chi connectivity index (χ4v) is 1.73. The van der Waals surface area contributed by atoms with Gasteiger partial charge in [-0.05, 0) is 6.07 Å². The van der Waals surface area contributed by atoms with Gasteiger partial charge in [0.15, 0.2) is 0 Å². The molecule has 116 valence electrons. The first-order chi connectivity index (χ1) is 10.1. The van der Waals surface area contributed by atoms with Gasteiger partial charge in [0.1, 0.15) is 0 Å². The Labute approximate surface area is 123 Å². The minimum absolute atomic E-state index is 0.112. The van der Waals surface area contributed by atoms with E-state index in [1.54, 1.807) is 19.2 Å². The second kappa shape index (κ2) is 8.93. The quantitative estimate of drug-likeness (QED) is 0.674. The first-order valence-electron chi connectivity index (χ1n) is 6.43. The van der Waals surface area contributed by atoms with Gasteiger partial charge in [-0.15, -0.1) is 0 Å². The lowest BCUT2D eigenvalue weighted by Gasteiger charge is -2.15. The van der Waals surface area contributed by atoms with Crippen LogP contribution in [0.5, 0.6) is 0 Å². The van der Waals surface area contributed by atoms with Crippen molar-refractivity contribution in [2.24, 2.45) is 0 Å². The maximum atomic E-state index is 11.8. The van der Waals surface area contributed by atoms with Crippen molar-refractivity contribution in [2.75, 3.05) is 26.1 Å². The van der Waals surface area contributed by atoms with Gasteiger partial charge in [0.05, 0.1) is 19.1 Å². The number of nitrogens with one attached hydrogen (secondary N) is 2. The summed E-state index contributed by atoms with van der Waals surface area (Å²) in [4.78, 5) is 22.4. The lowest BCUT2D eigenvalue weighted by Crippen LogP contribution is -2.37. The van der Waals surface area contributed by atoms with Crippen LogP contribution in [0.3, 0.4) is 0 Å². The molecule has 0 heterocycles. The molecule has 0 aliphatic carbocycles. The van der Waals surface area contributed by atoms with E-state index in [9.17, 15) is 9.59 Å². The smallest absolute Gasteiger partial charge is 0.319 e. The van der Waals surface area contributed by atoms with Crippen molar-refractivity contribution < 1.29 is 24.2 Å². The highest BCUT2D eigenvalue weighted by Gasteiger charge is 2.14. The van der Waals surface area contributed by atoms with Gasteiger partial charge in [0.2, 0.25) is 0 Å². The Morgan fingerprint density at radius 2 is 2.00 bits per heavy atom. The summed E-state index contributed by atoms with van der Waals surface area (Å²) >= 11 is 0. The molecule has 1 aromatic rings. The Kier molecular flexibility index (Phi) is 7.20. The third kappa shape index (κ3) is 6.24. The predicted molar refractivity (Wildman–Crippen MR) is 77.2 cm³/mol. The Hall–Kier alpha value is -2.12. The Bertz CT molecular complexity index is 478. The van der Waals surface area contributed by atoms with Gasteiger partial charge in [-0.3, -0.25) is 4.79 Å². The second-order valence-corrected chi connectivity index (χ2v) is 4.38. The van der Waals surface area contributed by atoms with Gasteiger partial charge in [-0.2, -0.15) is 0 Å². The van der Waals surface area contributed by atoms with E-state index in [1.165, 1.54) is 7.11 Å². The van der Waals surface area contributed by atoms with Crippen molar-refractivity contribution >= 4 is 17.7 Å². The summed E-state index contributed by atoms with van der Waals surface area (Å²) in [6.45, 7) is 0.497. The van der Waals surface area contributed by atoms with E-state index in [0.29, 0.717) is 12.3 Å². The minimum Gasteiger partial charge on any atom is -0.481 e. The number of methoxy groups -OCH3 is 2. The third-order valence-corrected chi connectivity index (χ3v) is 2.79.